The van der Waals surface area contributed by atoms with Gasteiger partial charge in [-0.2, -0.15) is 0 Å². The number of rotatable bonds is 3. The number of hydrogen-bond donors (Lipinski definition) is 1. The van der Waals surface area contributed by atoms with Gasteiger partial charge < -0.3 is 9.42 Å². The van der Waals surface area contributed by atoms with E-state index in [2.05, 4.69) is 23.4 Å². The summed E-state index contributed by atoms with van der Waals surface area (Å²) in [5.41, 5.74) is 0.0718. The van der Waals surface area contributed by atoms with Crippen LogP contribution in [-0.2, 0) is 9.09 Å². The van der Waals surface area contributed by atoms with Crippen LogP contribution in [0, 0.1) is 0 Å². The van der Waals surface area contributed by atoms with E-state index < -0.39 is 7.60 Å². The van der Waals surface area contributed by atoms with Gasteiger partial charge in [-0.25, -0.2) is 4.98 Å². The van der Waals surface area contributed by atoms with Crippen LogP contribution in [0.4, 0.5) is 0 Å². The normalized spacial score (nSPS) is 13.6. The van der Waals surface area contributed by atoms with Crippen LogP contribution < -0.4 is 5.44 Å². The first-order valence-corrected chi connectivity index (χ1v) is 6.46. The van der Waals surface area contributed by atoms with Gasteiger partial charge in [0.1, 0.15) is 0 Å². The Morgan fingerprint density at radius 1 is 1.40 bits per heavy atom. The van der Waals surface area contributed by atoms with Crippen LogP contribution in [-0.4, -0.2) is 17.0 Å². The van der Waals surface area contributed by atoms with Crippen molar-refractivity contribution in [3.8, 4) is 0 Å². The smallest absolute Gasteiger partial charge is 0.320 e. The van der Waals surface area contributed by atoms with Crippen molar-refractivity contribution in [3.05, 3.63) is 24.4 Å². The SMILES string of the molecule is CCCC.COP(=O)(O)c1ccccn1. The highest BCUT2D eigenvalue weighted by Crippen LogP contribution is 2.37. The average molecular weight is 231 g/mol. The summed E-state index contributed by atoms with van der Waals surface area (Å²) >= 11 is 0. The lowest BCUT2D eigenvalue weighted by Gasteiger charge is -2.05. The molecule has 0 saturated heterocycles. The zero-order chi connectivity index (χ0) is 11.7. The van der Waals surface area contributed by atoms with E-state index in [0.717, 1.165) is 0 Å². The number of unbranched alkanes of at least 4 members (excludes halogenated alkanes) is 1. The molecule has 1 aromatic heterocycles. The summed E-state index contributed by atoms with van der Waals surface area (Å²) in [5.74, 6) is 0. The summed E-state index contributed by atoms with van der Waals surface area (Å²) in [6, 6.07) is 4.74. The largest absolute Gasteiger partial charge is 0.376 e. The molecule has 1 N–H and O–H groups in total. The Balaban J connectivity index is 0.000000423. The van der Waals surface area contributed by atoms with Gasteiger partial charge in [0.25, 0.3) is 0 Å². The van der Waals surface area contributed by atoms with Crippen molar-refractivity contribution in [1.29, 1.82) is 0 Å². The van der Waals surface area contributed by atoms with E-state index in [9.17, 15) is 4.57 Å². The van der Waals surface area contributed by atoms with Gasteiger partial charge in [-0.1, -0.05) is 32.8 Å². The summed E-state index contributed by atoms with van der Waals surface area (Å²) in [7, 11) is -2.46. The molecule has 15 heavy (non-hydrogen) atoms. The fourth-order valence-corrected chi connectivity index (χ4v) is 1.29. The van der Waals surface area contributed by atoms with Crippen molar-refractivity contribution in [3.63, 3.8) is 0 Å². The summed E-state index contributed by atoms with van der Waals surface area (Å²) in [5, 5.41) is 0. The summed E-state index contributed by atoms with van der Waals surface area (Å²) in [6.45, 7) is 4.36. The molecule has 0 saturated carbocycles. The van der Waals surface area contributed by atoms with Crippen LogP contribution in [0.3, 0.4) is 0 Å². The molecule has 4 nitrogen and oxygen atoms in total. The third-order valence-corrected chi connectivity index (χ3v) is 3.02. The molecule has 0 radical (unpaired) electrons. The van der Waals surface area contributed by atoms with Gasteiger partial charge >= 0.3 is 7.60 Å². The molecule has 5 heteroatoms. The van der Waals surface area contributed by atoms with Gasteiger partial charge in [0.15, 0.2) is 5.44 Å². The van der Waals surface area contributed by atoms with E-state index in [-0.39, 0.29) is 5.44 Å². The molecule has 0 fully saturated rings. The van der Waals surface area contributed by atoms with Gasteiger partial charge in [-0.3, -0.25) is 4.57 Å². The first kappa shape index (κ1) is 14.3. The van der Waals surface area contributed by atoms with Gasteiger partial charge in [0.05, 0.1) is 0 Å². The number of nitrogens with zero attached hydrogens (tertiary/aromatic N) is 1. The van der Waals surface area contributed by atoms with E-state index in [4.69, 9.17) is 4.89 Å². The Morgan fingerprint density at radius 2 is 2.00 bits per heavy atom. The van der Waals surface area contributed by atoms with Gasteiger partial charge in [0.2, 0.25) is 0 Å². The molecule has 1 unspecified atom stereocenters. The topological polar surface area (TPSA) is 59.4 Å². The van der Waals surface area contributed by atoms with Crippen LogP contribution >= 0.6 is 7.60 Å². The van der Waals surface area contributed by atoms with Crippen molar-refractivity contribution in [2.24, 2.45) is 0 Å². The minimum absolute atomic E-state index is 0.0718. The molecule has 1 atom stereocenters. The fourth-order valence-electron chi connectivity index (χ4n) is 0.614. The molecule has 0 aliphatic carbocycles. The van der Waals surface area contributed by atoms with E-state index in [1.54, 1.807) is 12.1 Å². The Hall–Kier alpha value is -0.700. The van der Waals surface area contributed by atoms with E-state index in [1.165, 1.54) is 32.2 Å². The zero-order valence-electron chi connectivity index (χ0n) is 9.38. The fraction of sp³-hybridized carbons (Fsp3) is 0.500. The monoisotopic (exact) mass is 231 g/mol. The zero-order valence-corrected chi connectivity index (χ0v) is 10.3. The maximum absolute atomic E-state index is 11.1. The third-order valence-electron chi connectivity index (χ3n) is 1.69. The quantitative estimate of drug-likeness (QED) is 0.811. The van der Waals surface area contributed by atoms with Crippen LogP contribution in [0.15, 0.2) is 24.4 Å². The number of pyridine rings is 1. The molecule has 86 valence electrons. The van der Waals surface area contributed by atoms with Crippen molar-refractivity contribution in [2.45, 2.75) is 26.7 Å². The highest BCUT2D eigenvalue weighted by molar-refractivity contribution is 7.60. The minimum Gasteiger partial charge on any atom is -0.320 e. The van der Waals surface area contributed by atoms with Crippen molar-refractivity contribution < 1.29 is 14.0 Å². The number of hydrogen-bond acceptors (Lipinski definition) is 3. The molecular weight excluding hydrogens is 213 g/mol. The molecule has 1 rings (SSSR count). The summed E-state index contributed by atoms with van der Waals surface area (Å²) in [6.07, 6.45) is 4.08. The highest BCUT2D eigenvalue weighted by Gasteiger charge is 2.21. The Morgan fingerprint density at radius 3 is 2.33 bits per heavy atom. The van der Waals surface area contributed by atoms with E-state index >= 15 is 0 Å². The molecule has 0 aromatic carbocycles. The molecule has 1 heterocycles. The second-order valence-corrected chi connectivity index (χ2v) is 4.76. The lowest BCUT2D eigenvalue weighted by atomic mass is 10.4. The highest BCUT2D eigenvalue weighted by atomic mass is 31.2. The van der Waals surface area contributed by atoms with E-state index in [0.29, 0.717) is 0 Å². The van der Waals surface area contributed by atoms with Crippen molar-refractivity contribution in [1.82, 2.24) is 4.98 Å². The predicted molar refractivity (Wildman–Crippen MR) is 61.3 cm³/mol. The second kappa shape index (κ2) is 7.57. The lowest BCUT2D eigenvalue weighted by Crippen LogP contribution is -2.08. The minimum atomic E-state index is -3.64. The second-order valence-electron chi connectivity index (χ2n) is 2.89. The predicted octanol–water partition coefficient (Wildman–Crippen LogP) is 2.35. The van der Waals surface area contributed by atoms with Crippen LogP contribution in [0.1, 0.15) is 26.7 Å². The van der Waals surface area contributed by atoms with Gasteiger partial charge in [-0.05, 0) is 12.1 Å². The Kier molecular flexibility index (Phi) is 7.22. The maximum Gasteiger partial charge on any atom is 0.376 e. The third kappa shape index (κ3) is 5.67. The molecule has 0 aliphatic heterocycles. The molecule has 0 amide bonds. The van der Waals surface area contributed by atoms with Gasteiger partial charge in [0, 0.05) is 13.3 Å². The summed E-state index contributed by atoms with van der Waals surface area (Å²) in [4.78, 5) is 12.7. The average Bonchev–Trinajstić information content (AvgIpc) is 2.30. The molecule has 0 bridgehead atoms. The van der Waals surface area contributed by atoms with Crippen LogP contribution in [0.5, 0.6) is 0 Å². The first-order valence-electron chi connectivity index (χ1n) is 4.88. The van der Waals surface area contributed by atoms with Crippen LogP contribution in [0.2, 0.25) is 0 Å². The van der Waals surface area contributed by atoms with Crippen LogP contribution in [0.25, 0.3) is 0 Å². The standard InChI is InChI=1S/C6H8NO3P.C4H10/c1-10-11(8,9)6-4-2-3-5-7-6;1-3-4-2/h2-5H,1H3,(H,8,9);3-4H2,1-2H3. The van der Waals surface area contributed by atoms with E-state index in [1.807, 2.05) is 0 Å². The molecule has 0 aliphatic rings. The molecule has 0 spiro atoms. The summed E-state index contributed by atoms with van der Waals surface area (Å²) < 4.78 is 15.4. The number of aromatic nitrogens is 1. The molecule has 1 aromatic rings. The maximum atomic E-state index is 11.1. The Bertz CT molecular complexity index is 301. The first-order chi connectivity index (χ1) is 7.08. The van der Waals surface area contributed by atoms with Crippen molar-refractivity contribution in [2.75, 3.05) is 7.11 Å². The van der Waals surface area contributed by atoms with Crippen molar-refractivity contribution >= 4 is 13.0 Å². The lowest BCUT2D eigenvalue weighted by molar-refractivity contribution is 0.327. The van der Waals surface area contributed by atoms with Gasteiger partial charge in [-0.15, -0.1) is 0 Å². The Labute approximate surface area is 90.9 Å². The molecular formula is C10H18NO3P.